The van der Waals surface area contributed by atoms with Gasteiger partial charge in [-0.05, 0) is 36.6 Å². The van der Waals surface area contributed by atoms with Crippen LogP contribution in [0.15, 0.2) is 42.6 Å². The SMILES string of the molecule is CCc1ccc(OCC(=O)OCC(CC)Nc2ccc([N+](=O)[O-])cn2)cc1. The van der Waals surface area contributed by atoms with Crippen molar-refractivity contribution in [1.29, 1.82) is 0 Å². The molecule has 2 aromatic rings. The van der Waals surface area contributed by atoms with E-state index in [0.717, 1.165) is 6.42 Å². The van der Waals surface area contributed by atoms with Crippen molar-refractivity contribution in [3.63, 3.8) is 0 Å². The number of carbonyl (C=O) groups excluding carboxylic acids is 1. The van der Waals surface area contributed by atoms with E-state index in [1.54, 1.807) is 0 Å². The van der Waals surface area contributed by atoms with Crippen LogP contribution in [-0.2, 0) is 16.0 Å². The number of esters is 1. The first-order valence-corrected chi connectivity index (χ1v) is 8.76. The molecule has 8 nitrogen and oxygen atoms in total. The minimum Gasteiger partial charge on any atom is -0.482 e. The van der Waals surface area contributed by atoms with Gasteiger partial charge in [-0.25, -0.2) is 9.78 Å². The molecule has 0 fully saturated rings. The molecule has 0 aliphatic rings. The van der Waals surface area contributed by atoms with Crippen LogP contribution >= 0.6 is 0 Å². The Kier molecular flexibility index (Phi) is 7.54. The first-order valence-electron chi connectivity index (χ1n) is 8.76. The number of nitro groups is 1. The summed E-state index contributed by atoms with van der Waals surface area (Å²) in [6.45, 7) is 3.98. The van der Waals surface area contributed by atoms with Crippen LogP contribution in [0.1, 0.15) is 25.8 Å². The third-order valence-electron chi connectivity index (χ3n) is 3.94. The van der Waals surface area contributed by atoms with Crippen molar-refractivity contribution < 1.29 is 19.2 Å². The fraction of sp³-hybridized carbons (Fsp3) is 0.368. The van der Waals surface area contributed by atoms with Crippen molar-refractivity contribution in [2.75, 3.05) is 18.5 Å². The number of pyridine rings is 1. The van der Waals surface area contributed by atoms with E-state index in [0.29, 0.717) is 18.0 Å². The number of aromatic nitrogens is 1. The Morgan fingerprint density at radius 3 is 2.52 bits per heavy atom. The normalized spacial score (nSPS) is 11.5. The number of carbonyl (C=O) groups is 1. The Bertz CT molecular complexity index is 747. The van der Waals surface area contributed by atoms with Gasteiger partial charge in [-0.15, -0.1) is 0 Å². The molecule has 1 heterocycles. The van der Waals surface area contributed by atoms with Gasteiger partial charge in [0, 0.05) is 6.07 Å². The van der Waals surface area contributed by atoms with Crippen molar-refractivity contribution in [3.05, 3.63) is 58.3 Å². The summed E-state index contributed by atoms with van der Waals surface area (Å²) in [5.41, 5.74) is 1.12. The summed E-state index contributed by atoms with van der Waals surface area (Å²) in [7, 11) is 0. The number of anilines is 1. The van der Waals surface area contributed by atoms with Gasteiger partial charge in [-0.2, -0.15) is 0 Å². The number of hydrogen-bond donors (Lipinski definition) is 1. The molecule has 8 heteroatoms. The van der Waals surface area contributed by atoms with Gasteiger partial charge in [-0.3, -0.25) is 10.1 Å². The molecule has 1 aromatic heterocycles. The second kappa shape index (κ2) is 10.1. The molecule has 1 N–H and O–H groups in total. The molecule has 2 rings (SSSR count). The molecular formula is C19H23N3O5. The summed E-state index contributed by atoms with van der Waals surface area (Å²) in [4.78, 5) is 26.0. The summed E-state index contributed by atoms with van der Waals surface area (Å²) < 4.78 is 10.6. The molecule has 0 aliphatic carbocycles. The van der Waals surface area contributed by atoms with Gasteiger partial charge in [0.05, 0.1) is 11.0 Å². The largest absolute Gasteiger partial charge is 0.482 e. The van der Waals surface area contributed by atoms with Crippen LogP contribution in [0, 0.1) is 10.1 Å². The Labute approximate surface area is 157 Å². The summed E-state index contributed by atoms with van der Waals surface area (Å²) in [5, 5.41) is 13.7. The van der Waals surface area contributed by atoms with Crippen molar-refractivity contribution in [1.82, 2.24) is 4.98 Å². The van der Waals surface area contributed by atoms with Crippen LogP contribution in [0.3, 0.4) is 0 Å². The first-order chi connectivity index (χ1) is 13.0. The lowest BCUT2D eigenvalue weighted by atomic mass is 10.2. The van der Waals surface area contributed by atoms with Crippen LogP contribution < -0.4 is 10.1 Å². The van der Waals surface area contributed by atoms with Gasteiger partial charge in [0.25, 0.3) is 5.69 Å². The minimum absolute atomic E-state index is 0.0795. The summed E-state index contributed by atoms with van der Waals surface area (Å²) in [6.07, 6.45) is 2.81. The van der Waals surface area contributed by atoms with E-state index in [1.165, 1.54) is 23.9 Å². The molecule has 1 atom stereocenters. The third-order valence-corrected chi connectivity index (χ3v) is 3.94. The Hall–Kier alpha value is -3.16. The van der Waals surface area contributed by atoms with Crippen molar-refractivity contribution in [2.45, 2.75) is 32.7 Å². The highest BCUT2D eigenvalue weighted by molar-refractivity contribution is 5.71. The van der Waals surface area contributed by atoms with Gasteiger partial charge < -0.3 is 14.8 Å². The van der Waals surface area contributed by atoms with Crippen LogP contribution in [0.4, 0.5) is 11.5 Å². The van der Waals surface area contributed by atoms with Gasteiger partial charge in [0.15, 0.2) is 6.61 Å². The number of nitrogens with zero attached hydrogens (tertiary/aromatic N) is 2. The molecule has 0 spiro atoms. The molecule has 0 aliphatic heterocycles. The minimum atomic E-state index is -0.508. The molecule has 0 saturated heterocycles. The van der Waals surface area contributed by atoms with E-state index in [9.17, 15) is 14.9 Å². The van der Waals surface area contributed by atoms with Crippen LogP contribution in [0.5, 0.6) is 5.75 Å². The van der Waals surface area contributed by atoms with E-state index < -0.39 is 10.9 Å². The highest BCUT2D eigenvalue weighted by Gasteiger charge is 2.12. The lowest BCUT2D eigenvalue weighted by Gasteiger charge is -2.17. The van der Waals surface area contributed by atoms with Crippen LogP contribution in [0.25, 0.3) is 0 Å². The van der Waals surface area contributed by atoms with Gasteiger partial charge in [0.2, 0.25) is 0 Å². The number of ether oxygens (including phenoxy) is 2. The second-order valence-electron chi connectivity index (χ2n) is 5.88. The van der Waals surface area contributed by atoms with Crippen molar-refractivity contribution in [2.24, 2.45) is 0 Å². The fourth-order valence-electron chi connectivity index (χ4n) is 2.25. The molecular weight excluding hydrogens is 350 g/mol. The topological polar surface area (TPSA) is 104 Å². The zero-order chi connectivity index (χ0) is 19.6. The summed E-state index contributed by atoms with van der Waals surface area (Å²) >= 11 is 0. The van der Waals surface area contributed by atoms with Crippen LogP contribution in [0.2, 0.25) is 0 Å². The fourth-order valence-corrected chi connectivity index (χ4v) is 2.25. The zero-order valence-electron chi connectivity index (χ0n) is 15.4. The number of benzene rings is 1. The molecule has 0 amide bonds. The Morgan fingerprint density at radius 2 is 1.96 bits per heavy atom. The predicted molar refractivity (Wildman–Crippen MR) is 101 cm³/mol. The predicted octanol–water partition coefficient (Wildman–Crippen LogP) is 3.36. The number of rotatable bonds is 10. The zero-order valence-corrected chi connectivity index (χ0v) is 15.4. The van der Waals surface area contributed by atoms with Crippen LogP contribution in [-0.4, -0.2) is 35.1 Å². The summed E-state index contributed by atoms with van der Waals surface area (Å²) in [6, 6.07) is 10.3. The number of nitrogens with one attached hydrogen (secondary N) is 1. The Balaban J connectivity index is 1.76. The molecule has 1 unspecified atom stereocenters. The quantitative estimate of drug-likeness (QED) is 0.387. The molecule has 144 valence electrons. The summed E-state index contributed by atoms with van der Waals surface area (Å²) in [5.74, 6) is 0.631. The van der Waals surface area contributed by atoms with E-state index in [4.69, 9.17) is 9.47 Å². The number of hydrogen-bond acceptors (Lipinski definition) is 7. The van der Waals surface area contributed by atoms with E-state index in [-0.39, 0.29) is 24.9 Å². The van der Waals surface area contributed by atoms with E-state index in [1.807, 2.05) is 31.2 Å². The maximum absolute atomic E-state index is 11.9. The number of aryl methyl sites for hydroxylation is 1. The lowest BCUT2D eigenvalue weighted by molar-refractivity contribution is -0.385. The first kappa shape index (κ1) is 20.2. The Morgan fingerprint density at radius 1 is 1.22 bits per heavy atom. The molecule has 0 radical (unpaired) electrons. The maximum Gasteiger partial charge on any atom is 0.344 e. The van der Waals surface area contributed by atoms with Gasteiger partial charge in [0.1, 0.15) is 24.4 Å². The molecule has 1 aromatic carbocycles. The smallest absolute Gasteiger partial charge is 0.344 e. The molecule has 0 bridgehead atoms. The molecule has 0 saturated carbocycles. The van der Waals surface area contributed by atoms with E-state index >= 15 is 0 Å². The van der Waals surface area contributed by atoms with Gasteiger partial charge in [-0.1, -0.05) is 26.0 Å². The van der Waals surface area contributed by atoms with Crippen molar-refractivity contribution >= 4 is 17.5 Å². The molecule has 27 heavy (non-hydrogen) atoms. The third kappa shape index (κ3) is 6.58. The monoisotopic (exact) mass is 373 g/mol. The van der Waals surface area contributed by atoms with Gasteiger partial charge >= 0.3 is 5.97 Å². The van der Waals surface area contributed by atoms with Crippen molar-refractivity contribution in [3.8, 4) is 5.75 Å². The average Bonchev–Trinajstić information content (AvgIpc) is 2.70. The van der Waals surface area contributed by atoms with E-state index in [2.05, 4.69) is 17.2 Å². The standard InChI is InChI=1S/C19H23N3O5/c1-3-14-5-8-17(9-6-14)26-13-19(23)27-12-15(4-2)21-18-10-7-16(11-20-18)22(24)25/h5-11,15H,3-4,12-13H2,1-2H3,(H,20,21). The maximum atomic E-state index is 11.9. The highest BCUT2D eigenvalue weighted by Crippen LogP contribution is 2.14. The average molecular weight is 373 g/mol. The highest BCUT2D eigenvalue weighted by atomic mass is 16.6. The second-order valence-corrected chi connectivity index (χ2v) is 5.88. The lowest BCUT2D eigenvalue weighted by Crippen LogP contribution is -2.28.